The zero-order valence-corrected chi connectivity index (χ0v) is 11.6. The van der Waals surface area contributed by atoms with Gasteiger partial charge in [-0.05, 0) is 16.8 Å². The zero-order chi connectivity index (χ0) is 15.1. The van der Waals surface area contributed by atoms with Crippen molar-refractivity contribution in [3.8, 4) is 11.8 Å². The molecular formula is C16H17N3O2. The standard InChI is InChI=1S/C16H17N3O2/c17-8-3-9-19-16(20)11-21-15-7-6-12-4-1-2-5-13(12)14(15)10-18/h1-2,4-7H,3,9-11,18H2,(H,19,20). The molecule has 0 radical (unpaired) electrons. The highest BCUT2D eigenvalue weighted by molar-refractivity contribution is 5.88. The van der Waals surface area contributed by atoms with Crippen LogP contribution >= 0.6 is 0 Å². The Morgan fingerprint density at radius 3 is 2.86 bits per heavy atom. The molecule has 5 heteroatoms. The Morgan fingerprint density at radius 2 is 2.10 bits per heavy atom. The number of benzene rings is 2. The highest BCUT2D eigenvalue weighted by Crippen LogP contribution is 2.27. The Kier molecular flexibility index (Phi) is 5.13. The minimum atomic E-state index is -0.249. The van der Waals surface area contributed by atoms with Crippen molar-refractivity contribution in [1.82, 2.24) is 5.32 Å². The van der Waals surface area contributed by atoms with Crippen molar-refractivity contribution < 1.29 is 9.53 Å². The third-order valence-corrected chi connectivity index (χ3v) is 3.12. The van der Waals surface area contributed by atoms with Crippen molar-refractivity contribution in [3.63, 3.8) is 0 Å². The van der Waals surface area contributed by atoms with Gasteiger partial charge in [-0.2, -0.15) is 5.26 Å². The fourth-order valence-corrected chi connectivity index (χ4v) is 2.11. The maximum Gasteiger partial charge on any atom is 0.257 e. The highest BCUT2D eigenvalue weighted by atomic mass is 16.5. The van der Waals surface area contributed by atoms with Crippen LogP contribution in [0.5, 0.6) is 5.75 Å². The first-order valence-electron chi connectivity index (χ1n) is 6.73. The summed E-state index contributed by atoms with van der Waals surface area (Å²) in [5.41, 5.74) is 6.69. The lowest BCUT2D eigenvalue weighted by atomic mass is 10.0. The van der Waals surface area contributed by atoms with Crippen molar-refractivity contribution in [2.45, 2.75) is 13.0 Å². The van der Waals surface area contributed by atoms with Gasteiger partial charge in [0.1, 0.15) is 5.75 Å². The normalized spacial score (nSPS) is 10.1. The van der Waals surface area contributed by atoms with Crippen LogP contribution in [0, 0.1) is 11.3 Å². The first-order valence-corrected chi connectivity index (χ1v) is 6.73. The summed E-state index contributed by atoms with van der Waals surface area (Å²) in [7, 11) is 0. The molecule has 108 valence electrons. The third kappa shape index (κ3) is 3.71. The van der Waals surface area contributed by atoms with Gasteiger partial charge in [-0.1, -0.05) is 30.3 Å². The molecule has 0 saturated heterocycles. The average Bonchev–Trinajstić information content (AvgIpc) is 2.52. The van der Waals surface area contributed by atoms with E-state index in [1.54, 1.807) is 0 Å². The van der Waals surface area contributed by atoms with Gasteiger partial charge in [0.15, 0.2) is 6.61 Å². The monoisotopic (exact) mass is 283 g/mol. The molecule has 2 aromatic rings. The van der Waals surface area contributed by atoms with Crippen LogP contribution in [0.1, 0.15) is 12.0 Å². The van der Waals surface area contributed by atoms with Crippen molar-refractivity contribution in [3.05, 3.63) is 42.0 Å². The molecule has 0 aliphatic carbocycles. The molecule has 0 saturated carbocycles. The van der Waals surface area contributed by atoms with Crippen molar-refractivity contribution >= 4 is 16.7 Å². The molecule has 0 aromatic heterocycles. The lowest BCUT2D eigenvalue weighted by Crippen LogP contribution is -2.29. The second-order valence-corrected chi connectivity index (χ2v) is 4.51. The molecule has 2 aromatic carbocycles. The topological polar surface area (TPSA) is 88.1 Å². The molecule has 0 unspecified atom stereocenters. The molecule has 0 fully saturated rings. The van der Waals surface area contributed by atoms with Crippen molar-refractivity contribution in [2.24, 2.45) is 5.73 Å². The fraction of sp³-hybridized carbons (Fsp3) is 0.250. The summed E-state index contributed by atoms with van der Waals surface area (Å²) < 4.78 is 5.55. The summed E-state index contributed by atoms with van der Waals surface area (Å²) in [6.07, 6.45) is 0.287. The van der Waals surface area contributed by atoms with E-state index in [9.17, 15) is 4.79 Å². The van der Waals surface area contributed by atoms with Gasteiger partial charge >= 0.3 is 0 Å². The quantitative estimate of drug-likeness (QED) is 0.790. The van der Waals surface area contributed by atoms with E-state index in [0.717, 1.165) is 16.3 Å². The Labute approximate surface area is 123 Å². The number of fused-ring (bicyclic) bond motifs is 1. The van der Waals surface area contributed by atoms with Gasteiger partial charge in [0.05, 0.1) is 12.5 Å². The number of carbonyl (C=O) groups is 1. The van der Waals surface area contributed by atoms with Gasteiger partial charge in [-0.3, -0.25) is 4.79 Å². The molecular weight excluding hydrogens is 266 g/mol. The predicted octanol–water partition coefficient (Wildman–Crippen LogP) is 1.71. The second-order valence-electron chi connectivity index (χ2n) is 4.51. The van der Waals surface area contributed by atoms with Crippen LogP contribution in [-0.4, -0.2) is 19.1 Å². The predicted molar refractivity (Wildman–Crippen MR) is 80.6 cm³/mol. The smallest absolute Gasteiger partial charge is 0.257 e. The second kappa shape index (κ2) is 7.27. The van der Waals surface area contributed by atoms with Crippen LogP contribution in [-0.2, 0) is 11.3 Å². The maximum absolute atomic E-state index is 11.6. The summed E-state index contributed by atoms with van der Waals surface area (Å²) in [6, 6.07) is 13.6. The Balaban J connectivity index is 2.08. The van der Waals surface area contributed by atoms with Gasteiger partial charge in [-0.15, -0.1) is 0 Å². The van der Waals surface area contributed by atoms with E-state index in [1.807, 2.05) is 42.5 Å². The first kappa shape index (κ1) is 14.8. The van der Waals surface area contributed by atoms with E-state index in [2.05, 4.69) is 5.32 Å². The van der Waals surface area contributed by atoms with Crippen LogP contribution < -0.4 is 15.8 Å². The molecule has 2 rings (SSSR count). The largest absolute Gasteiger partial charge is 0.483 e. The van der Waals surface area contributed by atoms with Crippen molar-refractivity contribution in [1.29, 1.82) is 5.26 Å². The number of carbonyl (C=O) groups excluding carboxylic acids is 1. The van der Waals surface area contributed by atoms with Crippen LogP contribution in [0.4, 0.5) is 0 Å². The molecule has 0 aliphatic rings. The number of amides is 1. The minimum absolute atomic E-state index is 0.0865. The number of hydrogen-bond acceptors (Lipinski definition) is 4. The minimum Gasteiger partial charge on any atom is -0.483 e. The molecule has 21 heavy (non-hydrogen) atoms. The summed E-state index contributed by atoms with van der Waals surface area (Å²) >= 11 is 0. The molecule has 0 aliphatic heterocycles. The zero-order valence-electron chi connectivity index (χ0n) is 11.6. The number of nitriles is 1. The number of ether oxygens (including phenoxy) is 1. The van der Waals surface area contributed by atoms with E-state index < -0.39 is 0 Å². The molecule has 0 heterocycles. The number of rotatable bonds is 6. The van der Waals surface area contributed by atoms with Crippen molar-refractivity contribution in [2.75, 3.05) is 13.2 Å². The van der Waals surface area contributed by atoms with E-state index in [4.69, 9.17) is 15.7 Å². The molecule has 0 atom stereocenters. The number of hydrogen-bond donors (Lipinski definition) is 2. The lowest BCUT2D eigenvalue weighted by Gasteiger charge is -2.13. The maximum atomic E-state index is 11.6. The number of nitrogens with two attached hydrogens (primary N) is 1. The molecule has 3 N–H and O–H groups in total. The van der Waals surface area contributed by atoms with E-state index in [-0.39, 0.29) is 18.9 Å². The van der Waals surface area contributed by atoms with Crippen LogP contribution in [0.2, 0.25) is 0 Å². The molecule has 1 amide bonds. The van der Waals surface area contributed by atoms with Gasteiger partial charge in [0.25, 0.3) is 5.91 Å². The van der Waals surface area contributed by atoms with Gasteiger partial charge in [0, 0.05) is 18.7 Å². The van der Waals surface area contributed by atoms with E-state index >= 15 is 0 Å². The van der Waals surface area contributed by atoms with Gasteiger partial charge < -0.3 is 15.8 Å². The average molecular weight is 283 g/mol. The fourth-order valence-electron chi connectivity index (χ4n) is 2.11. The highest BCUT2D eigenvalue weighted by Gasteiger charge is 2.09. The van der Waals surface area contributed by atoms with Gasteiger partial charge in [-0.25, -0.2) is 0 Å². The van der Waals surface area contributed by atoms with E-state index in [0.29, 0.717) is 18.8 Å². The number of nitrogens with zero attached hydrogens (tertiary/aromatic N) is 1. The Hall–Kier alpha value is -2.58. The Bertz CT molecular complexity index is 677. The van der Waals surface area contributed by atoms with E-state index in [1.165, 1.54) is 0 Å². The molecule has 0 bridgehead atoms. The summed E-state index contributed by atoms with van der Waals surface area (Å²) in [6.45, 7) is 0.587. The number of nitrogens with one attached hydrogen (secondary N) is 1. The van der Waals surface area contributed by atoms with Crippen LogP contribution in [0.3, 0.4) is 0 Å². The lowest BCUT2D eigenvalue weighted by molar-refractivity contribution is -0.123. The molecule has 0 spiro atoms. The summed E-state index contributed by atoms with van der Waals surface area (Å²) in [5.74, 6) is 0.369. The molecule has 5 nitrogen and oxygen atoms in total. The first-order chi connectivity index (χ1) is 10.3. The van der Waals surface area contributed by atoms with Crippen LogP contribution in [0.15, 0.2) is 36.4 Å². The SMILES string of the molecule is N#CCCNC(=O)COc1ccc2ccccc2c1CN. The Morgan fingerprint density at radius 1 is 1.29 bits per heavy atom. The van der Waals surface area contributed by atoms with Gasteiger partial charge in [0.2, 0.25) is 0 Å². The van der Waals surface area contributed by atoms with Crippen LogP contribution in [0.25, 0.3) is 10.8 Å². The summed E-state index contributed by atoms with van der Waals surface area (Å²) in [4.78, 5) is 11.6. The summed E-state index contributed by atoms with van der Waals surface area (Å²) in [5, 5.41) is 13.1. The third-order valence-electron chi connectivity index (χ3n) is 3.12.